The fourth-order valence-electron chi connectivity index (χ4n) is 1.80. The first-order valence-corrected chi connectivity index (χ1v) is 7.69. The van der Waals surface area contributed by atoms with Crippen LogP contribution >= 0.6 is 15.9 Å². The van der Waals surface area contributed by atoms with E-state index in [0.29, 0.717) is 12.6 Å². The van der Waals surface area contributed by atoms with E-state index in [9.17, 15) is 14.5 Å². The quantitative estimate of drug-likeness (QED) is 0.431. The van der Waals surface area contributed by atoms with E-state index in [1.165, 1.54) is 6.07 Å². The molecular formula is C14H21BrFN3O2. The first-order chi connectivity index (χ1) is 9.82. The molecule has 118 valence electrons. The SMILES string of the molecule is CC(C)N(C)CCCCNc1cc(F)c(Br)cc1[N+](=O)[O-]. The van der Waals surface area contributed by atoms with E-state index >= 15 is 0 Å². The molecule has 0 atom stereocenters. The Morgan fingerprint density at radius 1 is 1.43 bits per heavy atom. The monoisotopic (exact) mass is 361 g/mol. The molecule has 21 heavy (non-hydrogen) atoms. The van der Waals surface area contributed by atoms with Gasteiger partial charge in [-0.25, -0.2) is 4.39 Å². The van der Waals surface area contributed by atoms with Gasteiger partial charge in [0.05, 0.1) is 9.40 Å². The molecular weight excluding hydrogens is 341 g/mol. The second-order valence-corrected chi connectivity index (χ2v) is 6.10. The van der Waals surface area contributed by atoms with Crippen molar-refractivity contribution in [1.82, 2.24) is 4.90 Å². The molecule has 0 aliphatic rings. The van der Waals surface area contributed by atoms with E-state index in [1.54, 1.807) is 0 Å². The average molecular weight is 362 g/mol. The first-order valence-electron chi connectivity index (χ1n) is 6.90. The summed E-state index contributed by atoms with van der Waals surface area (Å²) in [6.07, 6.45) is 1.85. The van der Waals surface area contributed by atoms with Gasteiger partial charge in [0, 0.05) is 24.7 Å². The lowest BCUT2D eigenvalue weighted by atomic mass is 10.2. The Kier molecular flexibility index (Phi) is 7.04. The molecule has 0 unspecified atom stereocenters. The molecule has 0 saturated heterocycles. The van der Waals surface area contributed by atoms with Crippen LogP contribution in [-0.2, 0) is 0 Å². The van der Waals surface area contributed by atoms with Gasteiger partial charge in [-0.3, -0.25) is 10.1 Å². The molecule has 1 rings (SSSR count). The number of nitro groups is 1. The van der Waals surface area contributed by atoms with Gasteiger partial charge in [0.15, 0.2) is 0 Å². The summed E-state index contributed by atoms with van der Waals surface area (Å²) in [5, 5.41) is 13.9. The van der Waals surface area contributed by atoms with Crippen LogP contribution in [0.25, 0.3) is 0 Å². The maximum absolute atomic E-state index is 13.5. The van der Waals surface area contributed by atoms with Crippen LogP contribution in [-0.4, -0.2) is 36.0 Å². The Morgan fingerprint density at radius 2 is 2.10 bits per heavy atom. The van der Waals surface area contributed by atoms with Crippen molar-refractivity contribution in [3.05, 3.63) is 32.5 Å². The van der Waals surface area contributed by atoms with Crippen molar-refractivity contribution in [1.29, 1.82) is 0 Å². The molecule has 7 heteroatoms. The zero-order chi connectivity index (χ0) is 16.0. The van der Waals surface area contributed by atoms with Crippen LogP contribution < -0.4 is 5.32 Å². The summed E-state index contributed by atoms with van der Waals surface area (Å²) in [4.78, 5) is 12.7. The molecule has 0 amide bonds. The number of unbranched alkanes of at least 4 members (excludes halogenated alkanes) is 1. The number of benzene rings is 1. The van der Waals surface area contributed by atoms with Gasteiger partial charge in [0.2, 0.25) is 0 Å². The van der Waals surface area contributed by atoms with Crippen molar-refractivity contribution in [3.8, 4) is 0 Å². The van der Waals surface area contributed by atoms with E-state index in [0.717, 1.165) is 25.5 Å². The van der Waals surface area contributed by atoms with Crippen molar-refractivity contribution in [3.63, 3.8) is 0 Å². The van der Waals surface area contributed by atoms with Crippen LogP contribution in [0.3, 0.4) is 0 Å². The van der Waals surface area contributed by atoms with Crippen molar-refractivity contribution in [2.24, 2.45) is 0 Å². The van der Waals surface area contributed by atoms with Gasteiger partial charge in [-0.15, -0.1) is 0 Å². The van der Waals surface area contributed by atoms with Crippen LogP contribution in [0, 0.1) is 15.9 Å². The highest BCUT2D eigenvalue weighted by atomic mass is 79.9. The summed E-state index contributed by atoms with van der Waals surface area (Å²) in [5.41, 5.74) is 0.0977. The van der Waals surface area contributed by atoms with Gasteiger partial charge < -0.3 is 10.2 Å². The second kappa shape index (κ2) is 8.29. The Hall–Kier alpha value is -1.21. The largest absolute Gasteiger partial charge is 0.379 e. The van der Waals surface area contributed by atoms with Gasteiger partial charge in [-0.05, 0) is 56.2 Å². The minimum atomic E-state index is -0.515. The Bertz CT molecular complexity index is 497. The van der Waals surface area contributed by atoms with Crippen LogP contribution in [0.5, 0.6) is 0 Å². The highest BCUT2D eigenvalue weighted by molar-refractivity contribution is 9.10. The van der Waals surface area contributed by atoms with Gasteiger partial charge in [-0.1, -0.05) is 0 Å². The van der Waals surface area contributed by atoms with E-state index in [4.69, 9.17) is 0 Å². The summed E-state index contributed by atoms with van der Waals surface area (Å²) in [6.45, 7) is 5.81. The van der Waals surface area contributed by atoms with E-state index in [-0.39, 0.29) is 15.8 Å². The molecule has 1 aromatic carbocycles. The zero-order valence-corrected chi connectivity index (χ0v) is 14.1. The minimum Gasteiger partial charge on any atom is -0.379 e. The number of nitrogens with one attached hydrogen (secondary N) is 1. The number of nitro benzene ring substituents is 1. The Balaban J connectivity index is 2.52. The molecule has 0 radical (unpaired) electrons. The summed E-state index contributed by atoms with van der Waals surface area (Å²) in [7, 11) is 2.06. The molecule has 0 saturated carbocycles. The smallest absolute Gasteiger partial charge is 0.293 e. The standard InChI is InChI=1S/C14H21BrFN3O2/c1-10(2)18(3)7-5-4-6-17-13-9-12(16)11(15)8-14(13)19(20)21/h8-10,17H,4-7H2,1-3H3. The fraction of sp³-hybridized carbons (Fsp3) is 0.571. The third kappa shape index (κ3) is 5.59. The van der Waals surface area contributed by atoms with Gasteiger partial charge in [0.25, 0.3) is 5.69 Å². The minimum absolute atomic E-state index is 0.0957. The second-order valence-electron chi connectivity index (χ2n) is 5.25. The van der Waals surface area contributed by atoms with Gasteiger partial charge in [0.1, 0.15) is 11.5 Å². The lowest BCUT2D eigenvalue weighted by Crippen LogP contribution is -2.27. The topological polar surface area (TPSA) is 58.4 Å². The summed E-state index contributed by atoms with van der Waals surface area (Å²) in [6, 6.07) is 2.84. The number of halogens is 2. The van der Waals surface area contributed by atoms with Crippen molar-refractivity contribution in [2.75, 3.05) is 25.5 Å². The number of hydrogen-bond acceptors (Lipinski definition) is 4. The molecule has 5 nitrogen and oxygen atoms in total. The maximum atomic E-state index is 13.5. The molecule has 0 bridgehead atoms. The zero-order valence-electron chi connectivity index (χ0n) is 12.5. The van der Waals surface area contributed by atoms with Crippen molar-refractivity contribution in [2.45, 2.75) is 32.7 Å². The fourth-order valence-corrected chi connectivity index (χ4v) is 2.13. The predicted molar refractivity (Wildman–Crippen MR) is 86.2 cm³/mol. The number of hydrogen-bond donors (Lipinski definition) is 1. The third-order valence-corrected chi connectivity index (χ3v) is 3.98. The van der Waals surface area contributed by atoms with Crippen molar-refractivity contribution < 1.29 is 9.31 Å². The third-order valence-electron chi connectivity index (χ3n) is 3.37. The van der Waals surface area contributed by atoms with Crippen molar-refractivity contribution >= 4 is 27.3 Å². The molecule has 0 aliphatic heterocycles. The van der Waals surface area contributed by atoms with E-state index < -0.39 is 10.7 Å². The molecule has 0 spiro atoms. The molecule has 1 aromatic rings. The number of rotatable bonds is 8. The number of nitrogens with zero attached hydrogens (tertiary/aromatic N) is 2. The average Bonchev–Trinajstić information content (AvgIpc) is 2.41. The lowest BCUT2D eigenvalue weighted by Gasteiger charge is -2.20. The number of anilines is 1. The van der Waals surface area contributed by atoms with Gasteiger partial charge in [-0.2, -0.15) is 0 Å². The highest BCUT2D eigenvalue weighted by Crippen LogP contribution is 2.30. The van der Waals surface area contributed by atoms with Crippen LogP contribution in [0.2, 0.25) is 0 Å². The van der Waals surface area contributed by atoms with Crippen LogP contribution in [0.4, 0.5) is 15.8 Å². The van der Waals surface area contributed by atoms with E-state index in [2.05, 4.69) is 47.0 Å². The molecule has 0 aliphatic carbocycles. The molecule has 1 N–H and O–H groups in total. The first kappa shape index (κ1) is 17.8. The summed E-state index contributed by atoms with van der Waals surface area (Å²) >= 11 is 2.96. The maximum Gasteiger partial charge on any atom is 0.293 e. The van der Waals surface area contributed by atoms with Crippen LogP contribution in [0.1, 0.15) is 26.7 Å². The lowest BCUT2D eigenvalue weighted by molar-refractivity contribution is -0.384. The normalized spacial score (nSPS) is 11.2. The Labute approximate surface area is 132 Å². The van der Waals surface area contributed by atoms with Crippen LogP contribution in [0.15, 0.2) is 16.6 Å². The Morgan fingerprint density at radius 3 is 2.67 bits per heavy atom. The van der Waals surface area contributed by atoms with Gasteiger partial charge >= 0.3 is 0 Å². The molecule has 0 aromatic heterocycles. The summed E-state index contributed by atoms with van der Waals surface area (Å²) < 4.78 is 13.6. The highest BCUT2D eigenvalue weighted by Gasteiger charge is 2.17. The van der Waals surface area contributed by atoms with E-state index in [1.807, 2.05) is 0 Å². The predicted octanol–water partition coefficient (Wildman–Crippen LogP) is 4.03. The molecule has 0 heterocycles. The molecule has 0 fully saturated rings. The summed E-state index contributed by atoms with van der Waals surface area (Å²) in [5.74, 6) is -0.511.